The van der Waals surface area contributed by atoms with Gasteiger partial charge in [-0.2, -0.15) is 8.82 Å². The van der Waals surface area contributed by atoms with Crippen LogP contribution >= 0.6 is 0 Å². The molecule has 2 fully saturated rings. The van der Waals surface area contributed by atoms with Gasteiger partial charge in [0.2, 0.25) is 10.0 Å². The molecule has 4 heterocycles. The number of hydrogen-bond acceptors (Lipinski definition) is 8. The number of nitrogens with zero attached hydrogens (tertiary/aromatic N) is 7. The highest BCUT2D eigenvalue weighted by Gasteiger charge is 2.34. The fourth-order valence-electron chi connectivity index (χ4n) is 3.69. The number of piperazine rings is 1. The molecule has 1 saturated carbocycles. The topological polar surface area (TPSA) is 110 Å². The van der Waals surface area contributed by atoms with Crippen molar-refractivity contribution in [3.63, 3.8) is 0 Å². The molecule has 5 rings (SSSR count). The van der Waals surface area contributed by atoms with E-state index in [1.807, 2.05) is 16.6 Å². The van der Waals surface area contributed by atoms with Gasteiger partial charge in [-0.15, -0.1) is 15.3 Å². The van der Waals surface area contributed by atoms with Gasteiger partial charge in [-0.3, -0.25) is 0 Å². The molecule has 148 valence electrons. The van der Waals surface area contributed by atoms with Crippen molar-refractivity contribution in [1.82, 2.24) is 29.3 Å². The molecule has 0 radical (unpaired) electrons. The lowest BCUT2D eigenvalue weighted by molar-refractivity contribution is 0.377. The van der Waals surface area contributed by atoms with E-state index < -0.39 is 10.0 Å². The zero-order valence-electron chi connectivity index (χ0n) is 15.7. The molecule has 3 aromatic rings. The maximum absolute atomic E-state index is 13.0. The largest absolute Gasteiger partial charge is 0.360 e. The molecule has 0 unspecified atom stereocenters. The first-order valence-electron chi connectivity index (χ1n) is 9.35. The third-order valence-corrected chi connectivity index (χ3v) is 7.49. The fraction of sp³-hybridized carbons (Fsp3) is 0.529. The lowest BCUT2D eigenvalue weighted by Gasteiger charge is -2.34. The predicted molar refractivity (Wildman–Crippen MR) is 99.7 cm³/mol. The molecule has 28 heavy (non-hydrogen) atoms. The summed E-state index contributed by atoms with van der Waals surface area (Å²) >= 11 is 0. The van der Waals surface area contributed by atoms with Crippen molar-refractivity contribution in [3.05, 3.63) is 29.4 Å². The molecule has 0 amide bonds. The number of hydrogen-bond donors (Lipinski definition) is 0. The van der Waals surface area contributed by atoms with Gasteiger partial charge in [0.1, 0.15) is 16.4 Å². The van der Waals surface area contributed by atoms with Crippen molar-refractivity contribution in [3.8, 4) is 0 Å². The highest BCUT2D eigenvalue weighted by molar-refractivity contribution is 7.89. The van der Waals surface area contributed by atoms with Gasteiger partial charge in [0.05, 0.1) is 0 Å². The standard InChI is InChI=1S/C17H21N7O3S/c1-11-16(12(2)27-21-11)28(25,26)23-9-7-22(8-10-23)15-6-5-14-18-19-17(13-3-4-13)24(14)20-15/h5-6,13H,3-4,7-10H2,1-2H3. The maximum atomic E-state index is 13.0. The zero-order chi connectivity index (χ0) is 19.5. The molecule has 3 aromatic heterocycles. The van der Waals surface area contributed by atoms with E-state index in [1.54, 1.807) is 13.8 Å². The first-order chi connectivity index (χ1) is 13.4. The summed E-state index contributed by atoms with van der Waals surface area (Å²) in [5.41, 5.74) is 1.14. The van der Waals surface area contributed by atoms with Crippen molar-refractivity contribution in [2.45, 2.75) is 37.5 Å². The summed E-state index contributed by atoms with van der Waals surface area (Å²) in [6.45, 7) is 5.14. The Morgan fingerprint density at radius 3 is 2.46 bits per heavy atom. The second-order valence-electron chi connectivity index (χ2n) is 7.34. The van der Waals surface area contributed by atoms with Gasteiger partial charge in [0, 0.05) is 32.1 Å². The van der Waals surface area contributed by atoms with Gasteiger partial charge in [0.25, 0.3) is 0 Å². The van der Waals surface area contributed by atoms with Gasteiger partial charge in [-0.25, -0.2) is 8.42 Å². The number of rotatable bonds is 4. The Morgan fingerprint density at radius 2 is 1.82 bits per heavy atom. The molecule has 2 aliphatic rings. The van der Waals surface area contributed by atoms with Crippen LogP contribution in [0.2, 0.25) is 0 Å². The van der Waals surface area contributed by atoms with E-state index in [9.17, 15) is 8.42 Å². The lowest BCUT2D eigenvalue weighted by Crippen LogP contribution is -2.49. The van der Waals surface area contributed by atoms with E-state index in [2.05, 4.69) is 20.3 Å². The average molecular weight is 403 g/mol. The van der Waals surface area contributed by atoms with Gasteiger partial charge >= 0.3 is 0 Å². The molecule has 10 nitrogen and oxygen atoms in total. The normalized spacial score (nSPS) is 18.9. The summed E-state index contributed by atoms with van der Waals surface area (Å²) in [7, 11) is -3.62. The summed E-state index contributed by atoms with van der Waals surface area (Å²) in [6.07, 6.45) is 2.26. The van der Waals surface area contributed by atoms with E-state index >= 15 is 0 Å². The van der Waals surface area contributed by atoms with E-state index in [0.29, 0.717) is 43.6 Å². The summed E-state index contributed by atoms with van der Waals surface area (Å²) in [5, 5.41) is 16.9. The highest BCUT2D eigenvalue weighted by Crippen LogP contribution is 2.38. The number of fused-ring (bicyclic) bond motifs is 1. The van der Waals surface area contributed by atoms with Crippen LogP contribution in [0.4, 0.5) is 5.82 Å². The van der Waals surface area contributed by atoms with Gasteiger partial charge in [-0.1, -0.05) is 5.16 Å². The van der Waals surface area contributed by atoms with E-state index in [-0.39, 0.29) is 4.90 Å². The molecule has 0 bridgehead atoms. The molecule has 0 atom stereocenters. The average Bonchev–Trinajstić information content (AvgIpc) is 3.35. The second-order valence-corrected chi connectivity index (χ2v) is 9.21. The molecule has 1 aliphatic heterocycles. The number of anilines is 1. The molecule has 1 aliphatic carbocycles. The molecule has 1 saturated heterocycles. The Bertz CT molecular complexity index is 1120. The maximum Gasteiger partial charge on any atom is 0.248 e. The fourth-order valence-corrected chi connectivity index (χ4v) is 5.40. The van der Waals surface area contributed by atoms with Gasteiger partial charge in [-0.05, 0) is 38.8 Å². The quantitative estimate of drug-likeness (QED) is 0.637. The molecular weight excluding hydrogens is 382 g/mol. The Morgan fingerprint density at radius 1 is 1.07 bits per heavy atom. The van der Waals surface area contributed by atoms with E-state index in [4.69, 9.17) is 9.62 Å². The van der Waals surface area contributed by atoms with Crippen molar-refractivity contribution in [2.75, 3.05) is 31.1 Å². The third kappa shape index (κ3) is 2.76. The molecule has 0 spiro atoms. The highest BCUT2D eigenvalue weighted by atomic mass is 32.2. The number of aryl methyl sites for hydroxylation is 2. The summed E-state index contributed by atoms with van der Waals surface area (Å²) < 4.78 is 34.3. The van der Waals surface area contributed by atoms with Crippen LogP contribution in [0.1, 0.15) is 36.0 Å². The van der Waals surface area contributed by atoms with E-state index in [1.165, 1.54) is 4.31 Å². The Kier molecular flexibility index (Phi) is 3.91. The van der Waals surface area contributed by atoms with Crippen LogP contribution in [-0.2, 0) is 10.0 Å². The van der Waals surface area contributed by atoms with Crippen LogP contribution in [0.15, 0.2) is 21.6 Å². The summed E-state index contributed by atoms with van der Waals surface area (Å²) in [6, 6.07) is 3.83. The van der Waals surface area contributed by atoms with Crippen LogP contribution in [0, 0.1) is 13.8 Å². The molecule has 0 N–H and O–H groups in total. The van der Waals surface area contributed by atoms with Crippen molar-refractivity contribution >= 4 is 21.5 Å². The first-order valence-corrected chi connectivity index (χ1v) is 10.8. The van der Waals surface area contributed by atoms with Gasteiger partial charge < -0.3 is 9.42 Å². The lowest BCUT2D eigenvalue weighted by atomic mass is 10.3. The van der Waals surface area contributed by atoms with Crippen molar-refractivity contribution in [2.24, 2.45) is 0 Å². The van der Waals surface area contributed by atoms with Crippen molar-refractivity contribution < 1.29 is 12.9 Å². The minimum atomic E-state index is -3.62. The van der Waals surface area contributed by atoms with Crippen LogP contribution in [0.5, 0.6) is 0 Å². The monoisotopic (exact) mass is 403 g/mol. The minimum absolute atomic E-state index is 0.180. The second kappa shape index (κ2) is 6.24. The van der Waals surface area contributed by atoms with Crippen LogP contribution in [-0.4, -0.2) is 63.9 Å². The molecular formula is C17H21N7O3S. The summed E-state index contributed by atoms with van der Waals surface area (Å²) in [4.78, 5) is 2.27. The zero-order valence-corrected chi connectivity index (χ0v) is 16.6. The van der Waals surface area contributed by atoms with Crippen molar-refractivity contribution in [1.29, 1.82) is 0 Å². The number of aromatic nitrogens is 5. The molecule has 11 heteroatoms. The number of sulfonamides is 1. The first kappa shape index (κ1) is 17.6. The Hall–Kier alpha value is -2.53. The summed E-state index contributed by atoms with van der Waals surface area (Å²) in [5.74, 6) is 2.50. The van der Waals surface area contributed by atoms with E-state index in [0.717, 1.165) is 30.1 Å². The van der Waals surface area contributed by atoms with Crippen LogP contribution < -0.4 is 4.90 Å². The minimum Gasteiger partial charge on any atom is -0.360 e. The molecule has 0 aromatic carbocycles. The SMILES string of the molecule is Cc1noc(C)c1S(=O)(=O)N1CCN(c2ccc3nnc(C4CC4)n3n2)CC1. The third-order valence-electron chi connectivity index (χ3n) is 5.34. The Labute approximate surface area is 162 Å². The Balaban J connectivity index is 1.36. The van der Waals surface area contributed by atoms with Crippen LogP contribution in [0.25, 0.3) is 5.65 Å². The predicted octanol–water partition coefficient (Wildman–Crippen LogP) is 1.12. The van der Waals surface area contributed by atoms with Crippen LogP contribution in [0.3, 0.4) is 0 Å². The van der Waals surface area contributed by atoms with Gasteiger partial charge in [0.15, 0.2) is 17.2 Å². The smallest absolute Gasteiger partial charge is 0.248 e.